The van der Waals surface area contributed by atoms with E-state index in [1.165, 1.54) is 16.5 Å². The summed E-state index contributed by atoms with van der Waals surface area (Å²) in [6.07, 6.45) is -1.23. The van der Waals surface area contributed by atoms with Gasteiger partial charge in [0.2, 0.25) is 16.1 Å². The first-order valence-corrected chi connectivity index (χ1v) is 13.9. The highest BCUT2D eigenvalue weighted by molar-refractivity contribution is 8.14. The largest absolute Gasteiger partial charge is 0.368 e. The quantitative estimate of drug-likeness (QED) is 0.204. The molecule has 0 N–H and O–H groups in total. The molecule has 4 heterocycles. The summed E-state index contributed by atoms with van der Waals surface area (Å²) in [5.41, 5.74) is 0.518. The molecule has 3 aromatic rings. The van der Waals surface area contributed by atoms with E-state index in [9.17, 15) is 18.0 Å². The highest BCUT2D eigenvalue weighted by Gasteiger charge is 2.63. The number of amides is 1. The SMILES string of the molecule is COC1C(=O)N2C(C(=O)c3ccccc3)=C(CSc3nnnn3C)C(Sc3nnnn3C)S(=O)(=O)C12. The van der Waals surface area contributed by atoms with E-state index in [0.717, 1.165) is 28.4 Å². The van der Waals surface area contributed by atoms with Gasteiger partial charge in [-0.2, -0.15) is 0 Å². The summed E-state index contributed by atoms with van der Waals surface area (Å²) in [6, 6.07) is 8.36. The molecule has 2 aliphatic heterocycles. The number of fused-ring (bicyclic) bond motifs is 1. The number of ketones is 1. The summed E-state index contributed by atoms with van der Waals surface area (Å²) in [5.74, 6) is -1.07. The molecule has 14 nitrogen and oxygen atoms in total. The van der Waals surface area contributed by atoms with E-state index in [0.29, 0.717) is 10.7 Å². The summed E-state index contributed by atoms with van der Waals surface area (Å²) in [6.45, 7) is 0. The maximum atomic E-state index is 13.9. The van der Waals surface area contributed by atoms with Gasteiger partial charge < -0.3 is 4.74 Å². The van der Waals surface area contributed by atoms with Crippen LogP contribution >= 0.6 is 23.5 Å². The average molecular weight is 550 g/mol. The fraction of sp³-hybridized carbons (Fsp3) is 0.368. The molecule has 1 fully saturated rings. The molecule has 3 atom stereocenters. The second-order valence-electron chi connectivity index (χ2n) is 7.82. The number of ether oxygens (including phenoxy) is 1. The first-order valence-electron chi connectivity index (χ1n) is 10.4. The Labute approximate surface area is 213 Å². The van der Waals surface area contributed by atoms with Gasteiger partial charge in [0.05, 0.1) is 5.70 Å². The first kappa shape index (κ1) is 24.5. The van der Waals surface area contributed by atoms with Crippen molar-refractivity contribution in [3.05, 3.63) is 47.2 Å². The van der Waals surface area contributed by atoms with Crippen LogP contribution in [0.3, 0.4) is 0 Å². The Kier molecular flexibility index (Phi) is 6.39. The number of tetrazole rings is 2. The molecular weight excluding hydrogens is 530 g/mol. The molecule has 1 saturated heterocycles. The van der Waals surface area contributed by atoms with E-state index in [1.54, 1.807) is 44.4 Å². The Hall–Kier alpha value is -3.15. The number of thioether (sulfide) groups is 2. The number of benzene rings is 1. The second-order valence-corrected chi connectivity index (χ2v) is 12.3. The summed E-state index contributed by atoms with van der Waals surface area (Å²) >= 11 is 2.03. The monoisotopic (exact) mass is 549 g/mol. The molecular formula is C19H19N9O5S3. The highest BCUT2D eigenvalue weighted by atomic mass is 32.3. The van der Waals surface area contributed by atoms with Crippen LogP contribution in [0.2, 0.25) is 0 Å². The molecule has 36 heavy (non-hydrogen) atoms. The number of aryl methyl sites for hydroxylation is 2. The minimum atomic E-state index is -4.10. The summed E-state index contributed by atoms with van der Waals surface area (Å²) in [7, 11) is 0.381. The van der Waals surface area contributed by atoms with E-state index in [1.807, 2.05) is 0 Å². The van der Waals surface area contributed by atoms with Crippen molar-refractivity contribution in [2.75, 3.05) is 12.9 Å². The van der Waals surface area contributed by atoms with Crippen LogP contribution in [0, 0.1) is 0 Å². The minimum Gasteiger partial charge on any atom is -0.368 e. The summed E-state index contributed by atoms with van der Waals surface area (Å²) < 4.78 is 34.5. The van der Waals surface area contributed by atoms with Crippen LogP contribution in [0.4, 0.5) is 0 Å². The minimum absolute atomic E-state index is 0.00502. The molecule has 0 bridgehead atoms. The number of nitrogens with zero attached hydrogens (tertiary/aromatic N) is 9. The van der Waals surface area contributed by atoms with Gasteiger partial charge in [-0.25, -0.2) is 17.8 Å². The van der Waals surface area contributed by atoms with Crippen LogP contribution in [0.25, 0.3) is 0 Å². The van der Waals surface area contributed by atoms with Crippen LogP contribution in [0.1, 0.15) is 10.4 Å². The number of carbonyl (C=O) groups is 2. The fourth-order valence-electron chi connectivity index (χ4n) is 3.96. The molecule has 2 aliphatic rings. The zero-order valence-corrected chi connectivity index (χ0v) is 21.6. The molecule has 1 amide bonds. The normalized spacial score (nSPS) is 22.9. The maximum Gasteiger partial charge on any atom is 0.260 e. The van der Waals surface area contributed by atoms with Crippen LogP contribution in [-0.2, 0) is 33.5 Å². The lowest BCUT2D eigenvalue weighted by atomic mass is 9.99. The van der Waals surface area contributed by atoms with Crippen molar-refractivity contribution in [3.8, 4) is 0 Å². The van der Waals surface area contributed by atoms with Gasteiger partial charge in [-0.1, -0.05) is 53.9 Å². The van der Waals surface area contributed by atoms with Crippen molar-refractivity contribution < 1.29 is 22.7 Å². The number of allylic oxidation sites excluding steroid dienone is 1. The Bertz CT molecular complexity index is 1470. The Morgan fingerprint density at radius 1 is 1.06 bits per heavy atom. The topological polar surface area (TPSA) is 168 Å². The van der Waals surface area contributed by atoms with Gasteiger partial charge in [0, 0.05) is 32.5 Å². The molecule has 0 spiro atoms. The molecule has 0 radical (unpaired) electrons. The number of rotatable bonds is 8. The van der Waals surface area contributed by atoms with Gasteiger partial charge in [-0.3, -0.25) is 14.5 Å². The highest BCUT2D eigenvalue weighted by Crippen LogP contribution is 2.47. The van der Waals surface area contributed by atoms with Crippen molar-refractivity contribution in [2.24, 2.45) is 14.1 Å². The zero-order chi connectivity index (χ0) is 25.6. The molecule has 3 unspecified atom stereocenters. The van der Waals surface area contributed by atoms with Crippen molar-refractivity contribution in [1.29, 1.82) is 0 Å². The third kappa shape index (κ3) is 3.91. The van der Waals surface area contributed by atoms with Gasteiger partial charge in [-0.05, 0) is 26.4 Å². The van der Waals surface area contributed by atoms with E-state index >= 15 is 0 Å². The number of β-lactam (4-membered cyclic amide) rings is 1. The second kappa shape index (κ2) is 9.38. The molecule has 2 aromatic heterocycles. The number of aromatic nitrogens is 8. The number of hydrogen-bond donors (Lipinski definition) is 0. The van der Waals surface area contributed by atoms with E-state index < -0.39 is 37.6 Å². The molecule has 17 heteroatoms. The fourth-order valence-corrected chi connectivity index (χ4v) is 8.94. The van der Waals surface area contributed by atoms with Crippen molar-refractivity contribution in [2.45, 2.75) is 26.4 Å². The molecule has 188 valence electrons. The standard InChI is InChI=1S/C19H19N9O5S3/c1-26-18(20-22-24-26)34-9-11-12(13(29)10-7-5-4-6-8-10)28-15(30)14(33-3)16(28)36(31,32)17(11)35-19-21-23-25-27(19)2/h4-8,14,16-17H,9H2,1-3H3. The molecule has 0 aliphatic carbocycles. The van der Waals surface area contributed by atoms with Gasteiger partial charge in [0.1, 0.15) is 4.58 Å². The van der Waals surface area contributed by atoms with Crippen LogP contribution in [0.15, 0.2) is 51.9 Å². The predicted octanol–water partition coefficient (Wildman–Crippen LogP) is -0.307. The smallest absolute Gasteiger partial charge is 0.260 e. The van der Waals surface area contributed by atoms with Gasteiger partial charge in [0.15, 0.2) is 21.3 Å². The Morgan fingerprint density at radius 2 is 1.69 bits per heavy atom. The zero-order valence-electron chi connectivity index (χ0n) is 19.1. The third-order valence-corrected chi connectivity index (χ3v) is 10.9. The van der Waals surface area contributed by atoms with Crippen LogP contribution in [-0.4, -0.2) is 94.3 Å². The number of Topliss-reactive ketones (excluding diaryl/α,β-unsaturated/α-hetero) is 1. The maximum absolute atomic E-state index is 13.9. The first-order chi connectivity index (χ1) is 17.3. The summed E-state index contributed by atoms with van der Waals surface area (Å²) in [4.78, 5) is 27.9. The van der Waals surface area contributed by atoms with Gasteiger partial charge in [0.25, 0.3) is 5.91 Å². The average Bonchev–Trinajstić information content (AvgIpc) is 3.47. The number of carbonyl (C=O) groups excluding carboxylic acids is 2. The molecule has 0 saturated carbocycles. The summed E-state index contributed by atoms with van der Waals surface area (Å²) in [5, 5.41) is 21.9. The lowest BCUT2D eigenvalue weighted by molar-refractivity contribution is -0.158. The number of methoxy groups -OCH3 is 1. The molecule has 1 aromatic carbocycles. The van der Waals surface area contributed by atoms with E-state index in [-0.39, 0.29) is 22.2 Å². The van der Waals surface area contributed by atoms with Crippen molar-refractivity contribution in [3.63, 3.8) is 0 Å². The van der Waals surface area contributed by atoms with E-state index in [2.05, 4.69) is 31.1 Å². The number of sulfone groups is 1. The molecule has 5 rings (SSSR count). The van der Waals surface area contributed by atoms with Crippen molar-refractivity contribution >= 4 is 45.1 Å². The van der Waals surface area contributed by atoms with Gasteiger partial charge in [-0.15, -0.1) is 10.2 Å². The van der Waals surface area contributed by atoms with Crippen molar-refractivity contribution in [1.82, 2.24) is 45.3 Å². The Morgan fingerprint density at radius 3 is 2.28 bits per heavy atom. The third-order valence-electron chi connectivity index (χ3n) is 5.70. The lowest BCUT2D eigenvalue weighted by Gasteiger charge is -2.50. The Balaban J connectivity index is 1.69. The van der Waals surface area contributed by atoms with Gasteiger partial charge >= 0.3 is 0 Å². The van der Waals surface area contributed by atoms with E-state index in [4.69, 9.17) is 4.74 Å². The van der Waals surface area contributed by atoms with Crippen LogP contribution < -0.4 is 0 Å². The number of hydrogen-bond acceptors (Lipinski definition) is 13. The predicted molar refractivity (Wildman–Crippen MR) is 126 cm³/mol. The lowest BCUT2D eigenvalue weighted by Crippen LogP contribution is -2.71. The van der Waals surface area contributed by atoms with Crippen LogP contribution in [0.5, 0.6) is 0 Å².